The molecule has 2 fully saturated rings. The lowest BCUT2D eigenvalue weighted by molar-refractivity contribution is -0.146. The number of carbonyl (C=O) groups is 2. The number of hydrogen-bond donors (Lipinski definition) is 2. The smallest absolute Gasteiger partial charge is 0.233 e. The molecule has 1 aromatic rings. The number of hydrogen-bond acceptors (Lipinski definition) is 8. The van der Waals surface area contributed by atoms with Crippen LogP contribution >= 0.6 is 23.1 Å². The second kappa shape index (κ2) is 7.24. The van der Waals surface area contributed by atoms with Crippen molar-refractivity contribution in [3.8, 4) is 0 Å². The van der Waals surface area contributed by atoms with Crippen LogP contribution in [0.15, 0.2) is 4.34 Å². The zero-order valence-corrected chi connectivity index (χ0v) is 14.9. The van der Waals surface area contributed by atoms with Gasteiger partial charge in [0.15, 0.2) is 4.34 Å². The molecule has 10 heteroatoms. The van der Waals surface area contributed by atoms with E-state index in [-0.39, 0.29) is 24.2 Å². The maximum absolute atomic E-state index is 12.7. The van der Waals surface area contributed by atoms with Gasteiger partial charge in [0.1, 0.15) is 0 Å². The fourth-order valence-corrected chi connectivity index (χ4v) is 4.98. The van der Waals surface area contributed by atoms with E-state index in [0.717, 1.165) is 12.8 Å². The van der Waals surface area contributed by atoms with Gasteiger partial charge in [0, 0.05) is 26.2 Å². The summed E-state index contributed by atoms with van der Waals surface area (Å²) in [5.41, 5.74) is 5.07. The third-order valence-electron chi connectivity index (χ3n) is 4.64. The van der Waals surface area contributed by atoms with Gasteiger partial charge in [-0.2, -0.15) is 0 Å². The Balaban J connectivity index is 1.57. The number of nitrogens with two attached hydrogens (primary N) is 1. The number of likely N-dealkylation sites (tertiary alicyclic amines) is 2. The Labute approximate surface area is 148 Å². The van der Waals surface area contributed by atoms with Gasteiger partial charge >= 0.3 is 0 Å². The van der Waals surface area contributed by atoms with Gasteiger partial charge in [-0.1, -0.05) is 23.1 Å². The lowest BCUT2D eigenvalue weighted by Gasteiger charge is -2.39. The minimum absolute atomic E-state index is 0.0118. The van der Waals surface area contributed by atoms with E-state index in [1.165, 1.54) is 23.1 Å². The highest BCUT2D eigenvalue weighted by molar-refractivity contribution is 8.01. The zero-order chi connectivity index (χ0) is 17.2. The molecule has 0 unspecified atom stereocenters. The van der Waals surface area contributed by atoms with Crippen LogP contribution in [0.2, 0.25) is 0 Å². The molecule has 1 spiro atoms. The van der Waals surface area contributed by atoms with E-state index in [9.17, 15) is 9.59 Å². The molecule has 24 heavy (non-hydrogen) atoms. The number of carbonyl (C=O) groups excluding carboxylic acids is 2. The van der Waals surface area contributed by atoms with E-state index in [2.05, 4.69) is 10.2 Å². The maximum Gasteiger partial charge on any atom is 0.233 e. The van der Waals surface area contributed by atoms with Gasteiger partial charge in [-0.05, 0) is 19.3 Å². The number of rotatable bonds is 5. The molecule has 0 aromatic carbocycles. The van der Waals surface area contributed by atoms with Gasteiger partial charge in [-0.3, -0.25) is 9.59 Å². The summed E-state index contributed by atoms with van der Waals surface area (Å²) in [6, 6.07) is 0. The Hall–Kier alpha value is -1.39. The number of aliphatic hydroxyl groups is 1. The average molecular weight is 371 g/mol. The third-order valence-corrected chi connectivity index (χ3v) is 6.51. The summed E-state index contributed by atoms with van der Waals surface area (Å²) in [6.45, 7) is 2.14. The number of anilines is 1. The zero-order valence-electron chi connectivity index (χ0n) is 13.3. The summed E-state index contributed by atoms with van der Waals surface area (Å²) < 4.78 is 0.678. The molecule has 2 saturated heterocycles. The van der Waals surface area contributed by atoms with Crippen LogP contribution in [0.25, 0.3) is 0 Å². The van der Waals surface area contributed by atoms with Gasteiger partial charge in [0.25, 0.3) is 0 Å². The molecule has 3 rings (SSSR count). The van der Waals surface area contributed by atoms with Crippen molar-refractivity contribution >= 4 is 40.0 Å². The summed E-state index contributed by atoms with van der Waals surface area (Å²) in [5.74, 6) is 0.375. The fourth-order valence-electron chi connectivity index (χ4n) is 3.44. The van der Waals surface area contributed by atoms with Crippen molar-refractivity contribution in [2.24, 2.45) is 5.41 Å². The Morgan fingerprint density at radius 2 is 2.21 bits per heavy atom. The topological polar surface area (TPSA) is 113 Å². The summed E-state index contributed by atoms with van der Waals surface area (Å²) in [7, 11) is 0. The van der Waals surface area contributed by atoms with Crippen LogP contribution in [0.5, 0.6) is 0 Å². The van der Waals surface area contributed by atoms with E-state index < -0.39 is 5.41 Å². The van der Waals surface area contributed by atoms with Crippen molar-refractivity contribution in [1.29, 1.82) is 0 Å². The number of thioether (sulfide) groups is 1. The Kier molecular flexibility index (Phi) is 5.26. The fraction of sp³-hybridized carbons (Fsp3) is 0.714. The highest BCUT2D eigenvalue weighted by Gasteiger charge is 2.49. The quantitative estimate of drug-likeness (QED) is 0.703. The summed E-state index contributed by atoms with van der Waals surface area (Å²) in [4.78, 5) is 28.7. The van der Waals surface area contributed by atoms with Crippen LogP contribution in [0.1, 0.15) is 19.3 Å². The largest absolute Gasteiger partial charge is 0.395 e. The number of amides is 2. The van der Waals surface area contributed by atoms with Gasteiger partial charge in [-0.15, -0.1) is 10.2 Å². The molecule has 0 bridgehead atoms. The SMILES string of the molecule is Nc1nnc(SCC(=O)N2CC[C@@]3(CCCN(CCO)C3=O)C2)s1. The summed E-state index contributed by atoms with van der Waals surface area (Å²) in [6.07, 6.45) is 2.44. The van der Waals surface area contributed by atoms with Gasteiger partial charge in [-0.25, -0.2) is 0 Å². The molecule has 3 heterocycles. The van der Waals surface area contributed by atoms with E-state index in [4.69, 9.17) is 10.8 Å². The van der Waals surface area contributed by atoms with E-state index >= 15 is 0 Å². The van der Waals surface area contributed by atoms with Crippen LogP contribution in [0.3, 0.4) is 0 Å². The number of nitrogen functional groups attached to an aromatic ring is 1. The van der Waals surface area contributed by atoms with Crippen LogP contribution in [-0.4, -0.2) is 75.5 Å². The number of nitrogens with zero attached hydrogens (tertiary/aromatic N) is 4. The molecular formula is C14H21N5O3S2. The molecule has 1 aromatic heterocycles. The van der Waals surface area contributed by atoms with Crippen LogP contribution < -0.4 is 5.73 Å². The van der Waals surface area contributed by atoms with E-state index in [1.54, 1.807) is 9.80 Å². The number of β-amino-alcohol motifs (C(OH)–C–C–N with tert-alkyl or cyclic N) is 1. The first kappa shape index (κ1) is 17.4. The molecule has 2 aliphatic heterocycles. The first-order valence-corrected chi connectivity index (χ1v) is 9.74. The first-order chi connectivity index (χ1) is 11.5. The maximum atomic E-state index is 12.7. The second-order valence-corrected chi connectivity index (χ2v) is 8.39. The standard InChI is InChI=1S/C14H21N5O3S2/c15-12-16-17-13(24-12)23-8-10(21)19-5-3-14(9-19)2-1-4-18(6-7-20)11(14)22/h20H,1-9H2,(H2,15,16)/t14-/m0/s1. The first-order valence-electron chi connectivity index (χ1n) is 7.94. The summed E-state index contributed by atoms with van der Waals surface area (Å²) >= 11 is 2.59. The highest BCUT2D eigenvalue weighted by atomic mass is 32.2. The number of aliphatic hydroxyl groups excluding tert-OH is 1. The molecule has 0 radical (unpaired) electrons. The molecule has 8 nitrogen and oxygen atoms in total. The van der Waals surface area contributed by atoms with Gasteiger partial charge < -0.3 is 20.6 Å². The predicted octanol–water partition coefficient (Wildman–Crippen LogP) is 0.0458. The molecule has 2 aliphatic rings. The minimum atomic E-state index is -0.457. The normalized spacial score (nSPS) is 24.1. The van der Waals surface area contributed by atoms with E-state index in [0.29, 0.717) is 42.1 Å². The Bertz CT molecular complexity index is 623. The van der Waals surface area contributed by atoms with Crippen molar-refractivity contribution in [2.45, 2.75) is 23.6 Å². The molecule has 132 valence electrons. The third kappa shape index (κ3) is 3.50. The number of aromatic nitrogens is 2. The molecule has 3 N–H and O–H groups in total. The van der Waals surface area contributed by atoms with Crippen molar-refractivity contribution in [2.75, 3.05) is 44.3 Å². The second-order valence-electron chi connectivity index (χ2n) is 6.16. The molecular weight excluding hydrogens is 350 g/mol. The van der Waals surface area contributed by atoms with Gasteiger partial charge in [0.2, 0.25) is 16.9 Å². The lowest BCUT2D eigenvalue weighted by atomic mass is 9.78. The molecule has 2 amide bonds. The summed E-state index contributed by atoms with van der Waals surface area (Å²) in [5, 5.41) is 17.1. The molecule has 1 atom stereocenters. The minimum Gasteiger partial charge on any atom is -0.395 e. The monoisotopic (exact) mass is 371 g/mol. The Morgan fingerprint density at radius 3 is 2.92 bits per heavy atom. The highest BCUT2D eigenvalue weighted by Crippen LogP contribution is 2.40. The lowest BCUT2D eigenvalue weighted by Crippen LogP contribution is -2.51. The Morgan fingerprint density at radius 1 is 1.38 bits per heavy atom. The van der Waals surface area contributed by atoms with Crippen molar-refractivity contribution in [3.05, 3.63) is 0 Å². The van der Waals surface area contributed by atoms with Crippen LogP contribution in [-0.2, 0) is 9.59 Å². The average Bonchev–Trinajstić information content (AvgIpc) is 3.17. The molecule has 0 aliphatic carbocycles. The van der Waals surface area contributed by atoms with E-state index in [1.807, 2.05) is 0 Å². The predicted molar refractivity (Wildman–Crippen MR) is 91.6 cm³/mol. The number of piperidine rings is 1. The van der Waals surface area contributed by atoms with Crippen LogP contribution in [0, 0.1) is 5.41 Å². The van der Waals surface area contributed by atoms with Gasteiger partial charge in [0.05, 0.1) is 17.8 Å². The molecule has 0 saturated carbocycles. The van der Waals surface area contributed by atoms with Crippen LogP contribution in [0.4, 0.5) is 5.13 Å². The van der Waals surface area contributed by atoms with Crippen molar-refractivity contribution in [1.82, 2.24) is 20.0 Å². The van der Waals surface area contributed by atoms with Crippen molar-refractivity contribution < 1.29 is 14.7 Å². The van der Waals surface area contributed by atoms with Crippen molar-refractivity contribution in [3.63, 3.8) is 0 Å².